The molecule has 1 aromatic carbocycles. The van der Waals surface area contributed by atoms with Gasteiger partial charge in [0.2, 0.25) is 0 Å². The Morgan fingerprint density at radius 1 is 1.17 bits per heavy atom. The Hall–Kier alpha value is -1.03. The Morgan fingerprint density at radius 2 is 1.78 bits per heavy atom. The summed E-state index contributed by atoms with van der Waals surface area (Å²) in [5.41, 5.74) is 6.24. The zero-order valence-corrected chi connectivity index (χ0v) is 10.2. The lowest BCUT2D eigenvalue weighted by molar-refractivity contribution is -0.147. The van der Waals surface area contributed by atoms with Gasteiger partial charge in [0.1, 0.15) is 0 Å². The monoisotopic (exact) mass is 257 g/mol. The average Bonchev–Trinajstić information content (AvgIpc) is 3.09. The van der Waals surface area contributed by atoms with Crippen molar-refractivity contribution in [2.45, 2.75) is 37.3 Å². The van der Waals surface area contributed by atoms with Crippen LogP contribution in [0.2, 0.25) is 0 Å². The van der Waals surface area contributed by atoms with E-state index in [9.17, 15) is 13.2 Å². The Balaban J connectivity index is 2.20. The molecular weight excluding hydrogens is 239 g/mol. The van der Waals surface area contributed by atoms with E-state index in [1.165, 1.54) is 0 Å². The molecule has 4 heteroatoms. The fraction of sp³-hybridized carbons (Fsp3) is 0.571. The molecule has 1 aliphatic rings. The van der Waals surface area contributed by atoms with E-state index in [0.717, 1.165) is 18.4 Å². The number of hydrogen-bond donors (Lipinski definition) is 1. The van der Waals surface area contributed by atoms with Gasteiger partial charge >= 0.3 is 6.18 Å². The summed E-state index contributed by atoms with van der Waals surface area (Å²) in [7, 11) is 0. The topological polar surface area (TPSA) is 26.0 Å². The van der Waals surface area contributed by atoms with E-state index < -0.39 is 12.6 Å². The summed E-state index contributed by atoms with van der Waals surface area (Å²) in [6, 6.07) is 9.55. The molecule has 2 rings (SSSR count). The fourth-order valence-electron chi connectivity index (χ4n) is 2.89. The lowest BCUT2D eigenvalue weighted by Crippen LogP contribution is -2.28. The van der Waals surface area contributed by atoms with E-state index in [1.807, 2.05) is 30.3 Å². The maximum atomic E-state index is 12.7. The molecule has 1 fully saturated rings. The van der Waals surface area contributed by atoms with Crippen molar-refractivity contribution in [2.24, 2.45) is 11.7 Å². The molecule has 1 atom stereocenters. The van der Waals surface area contributed by atoms with Crippen molar-refractivity contribution in [1.82, 2.24) is 0 Å². The van der Waals surface area contributed by atoms with E-state index in [-0.39, 0.29) is 11.3 Å². The highest BCUT2D eigenvalue weighted by molar-refractivity contribution is 5.32. The molecule has 100 valence electrons. The standard InChI is InChI=1S/C14H18F3N/c15-14(16,17)10-12(6-9-18)13(7-8-13)11-4-2-1-3-5-11/h1-5,12H,6-10,18H2. The van der Waals surface area contributed by atoms with Crippen molar-refractivity contribution in [3.05, 3.63) is 35.9 Å². The van der Waals surface area contributed by atoms with Gasteiger partial charge in [0.25, 0.3) is 0 Å². The maximum absolute atomic E-state index is 12.7. The molecule has 0 amide bonds. The molecular formula is C14H18F3N. The molecule has 0 aliphatic heterocycles. The normalized spacial score (nSPS) is 19.6. The molecule has 0 radical (unpaired) electrons. The minimum Gasteiger partial charge on any atom is -0.330 e. The van der Waals surface area contributed by atoms with Gasteiger partial charge in [-0.2, -0.15) is 13.2 Å². The largest absolute Gasteiger partial charge is 0.389 e. The zero-order chi connectivity index (χ0) is 13.2. The number of alkyl halides is 3. The van der Waals surface area contributed by atoms with Gasteiger partial charge in [0.05, 0.1) is 0 Å². The third-order valence-electron chi connectivity index (χ3n) is 3.91. The Labute approximate surface area is 105 Å². The summed E-state index contributed by atoms with van der Waals surface area (Å²) >= 11 is 0. The van der Waals surface area contributed by atoms with Gasteiger partial charge in [-0.05, 0) is 42.7 Å². The van der Waals surface area contributed by atoms with Crippen molar-refractivity contribution in [1.29, 1.82) is 0 Å². The summed E-state index contributed by atoms with van der Waals surface area (Å²) in [5.74, 6) is -0.384. The molecule has 0 bridgehead atoms. The second-order valence-corrected chi connectivity index (χ2v) is 5.12. The lowest BCUT2D eigenvalue weighted by Gasteiger charge is -2.28. The third-order valence-corrected chi connectivity index (χ3v) is 3.91. The number of halogens is 3. The van der Waals surface area contributed by atoms with Crippen LogP contribution in [0.1, 0.15) is 31.2 Å². The van der Waals surface area contributed by atoms with Crippen LogP contribution in [0.3, 0.4) is 0 Å². The van der Waals surface area contributed by atoms with Crippen LogP contribution in [0.25, 0.3) is 0 Å². The predicted molar refractivity (Wildman–Crippen MR) is 65.2 cm³/mol. The molecule has 0 aromatic heterocycles. The van der Waals surface area contributed by atoms with Crippen molar-refractivity contribution in [2.75, 3.05) is 6.54 Å². The molecule has 2 N–H and O–H groups in total. The second-order valence-electron chi connectivity index (χ2n) is 5.12. The molecule has 1 unspecified atom stereocenters. The first-order valence-electron chi connectivity index (χ1n) is 6.30. The van der Waals surface area contributed by atoms with Crippen LogP contribution in [0.5, 0.6) is 0 Å². The first-order valence-corrected chi connectivity index (χ1v) is 6.30. The van der Waals surface area contributed by atoms with Gasteiger partial charge in [-0.25, -0.2) is 0 Å². The summed E-state index contributed by atoms with van der Waals surface area (Å²) in [4.78, 5) is 0. The van der Waals surface area contributed by atoms with Gasteiger partial charge in [0.15, 0.2) is 0 Å². The van der Waals surface area contributed by atoms with Gasteiger partial charge in [-0.15, -0.1) is 0 Å². The molecule has 18 heavy (non-hydrogen) atoms. The van der Waals surface area contributed by atoms with Crippen molar-refractivity contribution in [3.8, 4) is 0 Å². The summed E-state index contributed by atoms with van der Waals surface area (Å²) in [5, 5.41) is 0. The summed E-state index contributed by atoms with van der Waals surface area (Å²) in [6.07, 6.45) is -2.70. The number of nitrogens with two attached hydrogens (primary N) is 1. The van der Waals surface area contributed by atoms with Crippen molar-refractivity contribution in [3.63, 3.8) is 0 Å². The molecule has 1 saturated carbocycles. The smallest absolute Gasteiger partial charge is 0.330 e. The van der Waals surface area contributed by atoms with Gasteiger partial charge < -0.3 is 5.73 Å². The van der Waals surface area contributed by atoms with E-state index in [1.54, 1.807) is 0 Å². The SMILES string of the molecule is NCCC(CC(F)(F)F)C1(c2ccccc2)CC1. The van der Waals surface area contributed by atoms with E-state index in [2.05, 4.69) is 0 Å². The summed E-state index contributed by atoms with van der Waals surface area (Å²) < 4.78 is 38.0. The highest BCUT2D eigenvalue weighted by Gasteiger charge is 2.52. The van der Waals surface area contributed by atoms with E-state index in [4.69, 9.17) is 5.73 Å². The zero-order valence-electron chi connectivity index (χ0n) is 10.2. The van der Waals surface area contributed by atoms with Crippen molar-refractivity contribution < 1.29 is 13.2 Å². The summed E-state index contributed by atoms with van der Waals surface area (Å²) in [6.45, 7) is 0.315. The van der Waals surface area contributed by atoms with E-state index >= 15 is 0 Å². The number of hydrogen-bond acceptors (Lipinski definition) is 1. The molecule has 0 saturated heterocycles. The number of benzene rings is 1. The highest BCUT2D eigenvalue weighted by atomic mass is 19.4. The second kappa shape index (κ2) is 4.92. The first kappa shape index (κ1) is 13.4. The van der Waals surface area contributed by atoms with Crippen molar-refractivity contribution >= 4 is 0 Å². The Kier molecular flexibility index (Phi) is 3.66. The fourth-order valence-corrected chi connectivity index (χ4v) is 2.89. The first-order chi connectivity index (χ1) is 8.48. The average molecular weight is 257 g/mol. The molecule has 1 aliphatic carbocycles. The van der Waals surface area contributed by atoms with Crippen LogP contribution >= 0.6 is 0 Å². The predicted octanol–water partition coefficient (Wildman–Crippen LogP) is 3.64. The highest BCUT2D eigenvalue weighted by Crippen LogP contribution is 2.57. The van der Waals surface area contributed by atoms with Gasteiger partial charge in [-0.1, -0.05) is 30.3 Å². The maximum Gasteiger partial charge on any atom is 0.389 e. The van der Waals surface area contributed by atoms with Crippen LogP contribution in [0.4, 0.5) is 13.2 Å². The Bertz CT molecular complexity index is 382. The van der Waals surface area contributed by atoms with Gasteiger partial charge in [-0.3, -0.25) is 0 Å². The van der Waals surface area contributed by atoms with Crippen LogP contribution in [-0.4, -0.2) is 12.7 Å². The lowest BCUT2D eigenvalue weighted by atomic mass is 9.78. The van der Waals surface area contributed by atoms with Crippen LogP contribution in [0.15, 0.2) is 30.3 Å². The molecule has 0 spiro atoms. The van der Waals surface area contributed by atoms with Crippen LogP contribution in [0, 0.1) is 5.92 Å². The Morgan fingerprint density at radius 3 is 2.22 bits per heavy atom. The third kappa shape index (κ3) is 2.86. The minimum absolute atomic E-state index is 0.282. The quantitative estimate of drug-likeness (QED) is 0.856. The molecule has 1 nitrogen and oxygen atoms in total. The molecule has 1 aromatic rings. The molecule has 0 heterocycles. The number of rotatable bonds is 5. The van der Waals surface area contributed by atoms with Gasteiger partial charge in [0, 0.05) is 6.42 Å². The van der Waals surface area contributed by atoms with Crippen LogP contribution in [-0.2, 0) is 5.41 Å². The van der Waals surface area contributed by atoms with Crippen LogP contribution < -0.4 is 5.73 Å². The van der Waals surface area contributed by atoms with E-state index in [0.29, 0.717) is 13.0 Å². The minimum atomic E-state index is -4.11.